The van der Waals surface area contributed by atoms with Gasteiger partial charge in [0.1, 0.15) is 5.82 Å². The zero-order chi connectivity index (χ0) is 9.26. The zero-order valence-electron chi connectivity index (χ0n) is 8.03. The molecule has 0 radical (unpaired) electrons. The molecule has 0 amide bonds. The van der Waals surface area contributed by atoms with Gasteiger partial charge in [0.25, 0.3) is 0 Å². The van der Waals surface area contributed by atoms with E-state index in [2.05, 4.69) is 10.2 Å². The van der Waals surface area contributed by atoms with Crippen LogP contribution in [0.5, 0.6) is 0 Å². The Morgan fingerprint density at radius 1 is 1.23 bits per heavy atom. The SMILES string of the molecule is Cn1c(N)nnc1C1CCCCC1. The highest BCUT2D eigenvalue weighted by Crippen LogP contribution is 2.31. The molecule has 0 aliphatic heterocycles. The average molecular weight is 180 g/mol. The smallest absolute Gasteiger partial charge is 0.221 e. The van der Waals surface area contributed by atoms with E-state index >= 15 is 0 Å². The van der Waals surface area contributed by atoms with Gasteiger partial charge < -0.3 is 10.3 Å². The predicted octanol–water partition coefficient (Wildman–Crippen LogP) is 1.44. The van der Waals surface area contributed by atoms with Gasteiger partial charge in [-0.15, -0.1) is 10.2 Å². The monoisotopic (exact) mass is 180 g/mol. The number of nitrogens with two attached hydrogens (primary N) is 1. The second kappa shape index (κ2) is 3.36. The molecule has 1 aliphatic rings. The summed E-state index contributed by atoms with van der Waals surface area (Å²) in [4.78, 5) is 0. The summed E-state index contributed by atoms with van der Waals surface area (Å²) in [7, 11) is 1.94. The topological polar surface area (TPSA) is 56.7 Å². The summed E-state index contributed by atoms with van der Waals surface area (Å²) in [6.45, 7) is 0. The van der Waals surface area contributed by atoms with Crippen LogP contribution in [-0.4, -0.2) is 14.8 Å². The lowest BCUT2D eigenvalue weighted by Crippen LogP contribution is -2.11. The van der Waals surface area contributed by atoms with E-state index in [9.17, 15) is 0 Å². The molecule has 0 aromatic carbocycles. The summed E-state index contributed by atoms with van der Waals surface area (Å²) < 4.78 is 1.91. The van der Waals surface area contributed by atoms with E-state index in [0.717, 1.165) is 5.82 Å². The lowest BCUT2D eigenvalue weighted by molar-refractivity contribution is 0.421. The van der Waals surface area contributed by atoms with Crippen molar-refractivity contribution in [3.63, 3.8) is 0 Å². The number of nitrogen functional groups attached to an aromatic ring is 1. The normalized spacial score (nSPS) is 19.2. The van der Waals surface area contributed by atoms with Gasteiger partial charge in [-0.1, -0.05) is 19.3 Å². The van der Waals surface area contributed by atoms with Crippen molar-refractivity contribution in [1.82, 2.24) is 14.8 Å². The van der Waals surface area contributed by atoms with E-state index in [1.54, 1.807) is 0 Å². The first-order chi connectivity index (χ1) is 6.29. The lowest BCUT2D eigenvalue weighted by atomic mass is 9.89. The summed E-state index contributed by atoms with van der Waals surface area (Å²) in [6, 6.07) is 0. The second-order valence-corrected chi connectivity index (χ2v) is 3.81. The Labute approximate surface area is 78.1 Å². The van der Waals surface area contributed by atoms with E-state index < -0.39 is 0 Å². The van der Waals surface area contributed by atoms with Crippen LogP contribution in [0.3, 0.4) is 0 Å². The Balaban J connectivity index is 2.18. The molecule has 13 heavy (non-hydrogen) atoms. The third-order valence-electron chi connectivity index (χ3n) is 2.91. The second-order valence-electron chi connectivity index (χ2n) is 3.81. The lowest BCUT2D eigenvalue weighted by Gasteiger charge is -2.20. The van der Waals surface area contributed by atoms with E-state index in [0.29, 0.717) is 11.9 Å². The third-order valence-corrected chi connectivity index (χ3v) is 2.91. The van der Waals surface area contributed by atoms with Gasteiger partial charge in [0.15, 0.2) is 0 Å². The fourth-order valence-electron chi connectivity index (χ4n) is 2.07. The van der Waals surface area contributed by atoms with Gasteiger partial charge >= 0.3 is 0 Å². The Kier molecular flexibility index (Phi) is 2.20. The van der Waals surface area contributed by atoms with E-state index in [-0.39, 0.29) is 0 Å². The van der Waals surface area contributed by atoms with E-state index in [1.807, 2.05) is 11.6 Å². The van der Waals surface area contributed by atoms with Gasteiger partial charge in [-0.25, -0.2) is 0 Å². The summed E-state index contributed by atoms with van der Waals surface area (Å²) in [5, 5.41) is 8.01. The molecule has 0 bridgehead atoms. The molecule has 4 nitrogen and oxygen atoms in total. The molecule has 1 saturated carbocycles. The maximum absolute atomic E-state index is 5.64. The van der Waals surface area contributed by atoms with Crippen molar-refractivity contribution >= 4 is 5.95 Å². The Hall–Kier alpha value is -1.06. The molecule has 1 aromatic heterocycles. The van der Waals surface area contributed by atoms with Gasteiger partial charge in [-0.2, -0.15) is 0 Å². The van der Waals surface area contributed by atoms with Gasteiger partial charge in [-0.05, 0) is 12.8 Å². The molecule has 0 saturated heterocycles. The zero-order valence-corrected chi connectivity index (χ0v) is 8.03. The molecule has 0 unspecified atom stereocenters. The summed E-state index contributed by atoms with van der Waals surface area (Å²) in [6.07, 6.45) is 6.48. The fraction of sp³-hybridized carbons (Fsp3) is 0.778. The first-order valence-corrected chi connectivity index (χ1v) is 4.94. The molecule has 1 fully saturated rings. The van der Waals surface area contributed by atoms with E-state index in [1.165, 1.54) is 32.1 Å². The van der Waals surface area contributed by atoms with Crippen molar-refractivity contribution in [3.05, 3.63) is 5.82 Å². The third kappa shape index (κ3) is 1.53. The molecule has 2 rings (SSSR count). The van der Waals surface area contributed by atoms with Crippen molar-refractivity contribution in [2.24, 2.45) is 7.05 Å². The number of aromatic nitrogens is 3. The standard InChI is InChI=1S/C9H16N4/c1-13-8(11-12-9(13)10)7-5-3-2-4-6-7/h7H,2-6H2,1H3,(H2,10,12). The van der Waals surface area contributed by atoms with E-state index in [4.69, 9.17) is 5.73 Å². The first-order valence-electron chi connectivity index (χ1n) is 4.94. The highest BCUT2D eigenvalue weighted by molar-refractivity contribution is 5.18. The Morgan fingerprint density at radius 2 is 1.92 bits per heavy atom. The number of rotatable bonds is 1. The molecule has 0 atom stereocenters. The molecule has 2 N–H and O–H groups in total. The molecule has 4 heteroatoms. The van der Waals surface area contributed by atoms with Crippen LogP contribution in [0.25, 0.3) is 0 Å². The van der Waals surface area contributed by atoms with Gasteiger partial charge in [0.2, 0.25) is 5.95 Å². The van der Waals surface area contributed by atoms with Crippen LogP contribution in [0.2, 0.25) is 0 Å². The molecule has 1 heterocycles. The molecular weight excluding hydrogens is 164 g/mol. The van der Waals surface area contributed by atoms with Crippen LogP contribution in [-0.2, 0) is 7.05 Å². The molecule has 0 spiro atoms. The molecule has 1 aliphatic carbocycles. The highest BCUT2D eigenvalue weighted by atomic mass is 15.3. The minimum absolute atomic E-state index is 0.528. The highest BCUT2D eigenvalue weighted by Gasteiger charge is 2.20. The van der Waals surface area contributed by atoms with Gasteiger partial charge in [0, 0.05) is 13.0 Å². The number of nitrogens with zero attached hydrogens (tertiary/aromatic N) is 3. The van der Waals surface area contributed by atoms with Crippen LogP contribution in [0.4, 0.5) is 5.95 Å². The van der Waals surface area contributed by atoms with Crippen molar-refractivity contribution in [3.8, 4) is 0 Å². The summed E-state index contributed by atoms with van der Waals surface area (Å²) in [5.74, 6) is 2.18. The fourth-order valence-corrected chi connectivity index (χ4v) is 2.07. The van der Waals surface area contributed by atoms with Gasteiger partial charge in [0.05, 0.1) is 0 Å². The van der Waals surface area contributed by atoms with Crippen molar-refractivity contribution in [2.45, 2.75) is 38.0 Å². The summed E-state index contributed by atoms with van der Waals surface area (Å²) >= 11 is 0. The Bertz CT molecular complexity index is 286. The van der Waals surface area contributed by atoms with Crippen LogP contribution in [0.15, 0.2) is 0 Å². The summed E-state index contributed by atoms with van der Waals surface area (Å²) in [5.41, 5.74) is 5.64. The minimum Gasteiger partial charge on any atom is -0.368 e. The molecule has 72 valence electrons. The van der Waals surface area contributed by atoms with Crippen LogP contribution in [0, 0.1) is 0 Å². The maximum atomic E-state index is 5.64. The molecule has 1 aromatic rings. The predicted molar refractivity (Wildman–Crippen MR) is 51.2 cm³/mol. The largest absolute Gasteiger partial charge is 0.368 e. The van der Waals surface area contributed by atoms with Crippen molar-refractivity contribution in [2.75, 3.05) is 5.73 Å². The first kappa shape index (κ1) is 8.53. The minimum atomic E-state index is 0.528. The molecular formula is C9H16N4. The Morgan fingerprint density at radius 3 is 2.46 bits per heavy atom. The van der Waals surface area contributed by atoms with Crippen molar-refractivity contribution in [1.29, 1.82) is 0 Å². The van der Waals surface area contributed by atoms with Crippen LogP contribution >= 0.6 is 0 Å². The maximum Gasteiger partial charge on any atom is 0.221 e. The van der Waals surface area contributed by atoms with Crippen LogP contribution < -0.4 is 5.73 Å². The van der Waals surface area contributed by atoms with Crippen LogP contribution in [0.1, 0.15) is 43.8 Å². The van der Waals surface area contributed by atoms with Crippen molar-refractivity contribution < 1.29 is 0 Å². The number of anilines is 1. The van der Waals surface area contributed by atoms with Gasteiger partial charge in [-0.3, -0.25) is 0 Å². The quantitative estimate of drug-likeness (QED) is 0.711. The average Bonchev–Trinajstić information content (AvgIpc) is 2.49. The number of hydrogen-bond donors (Lipinski definition) is 1. The number of hydrogen-bond acceptors (Lipinski definition) is 3.